The zero-order valence-corrected chi connectivity index (χ0v) is 15.3. The fourth-order valence-corrected chi connectivity index (χ4v) is 4.22. The van der Waals surface area contributed by atoms with Crippen LogP contribution in [0.25, 0.3) is 21.5 Å². The number of likely N-dealkylation sites (tertiary alicyclic amines) is 1. The van der Waals surface area contributed by atoms with Gasteiger partial charge in [-0.25, -0.2) is 4.79 Å². The normalized spacial score (nSPS) is 22.9. The Labute approximate surface area is 158 Å². The number of carbonyl (C=O) groups is 1. The van der Waals surface area contributed by atoms with Gasteiger partial charge in [-0.2, -0.15) is 0 Å². The highest BCUT2D eigenvalue weighted by Crippen LogP contribution is 2.29. The van der Waals surface area contributed by atoms with Crippen molar-refractivity contribution >= 4 is 27.6 Å². The van der Waals surface area contributed by atoms with Gasteiger partial charge in [0.2, 0.25) is 0 Å². The number of hydrogen-bond donors (Lipinski definition) is 0. The number of benzene rings is 3. The first-order valence-electron chi connectivity index (χ1n) is 9.39. The van der Waals surface area contributed by atoms with Gasteiger partial charge in [-0.1, -0.05) is 42.5 Å². The third-order valence-corrected chi connectivity index (χ3v) is 5.76. The number of rotatable bonds is 1. The van der Waals surface area contributed by atoms with E-state index in [0.717, 1.165) is 29.3 Å². The molecule has 0 aromatic heterocycles. The molecule has 2 aliphatic rings. The number of hydrogen-bond acceptors (Lipinski definition) is 4. The van der Waals surface area contributed by atoms with Gasteiger partial charge in [0, 0.05) is 13.1 Å². The third kappa shape index (κ3) is 2.93. The van der Waals surface area contributed by atoms with Crippen molar-refractivity contribution in [3.63, 3.8) is 0 Å². The lowest BCUT2D eigenvalue weighted by atomic mass is 10.0. The Bertz CT molecular complexity index is 1020. The van der Waals surface area contributed by atoms with Crippen LogP contribution in [0.2, 0.25) is 0 Å². The summed E-state index contributed by atoms with van der Waals surface area (Å²) in [6, 6.07) is 18.6. The van der Waals surface area contributed by atoms with Gasteiger partial charge in [-0.05, 0) is 40.7 Å². The molecule has 0 aliphatic carbocycles. The Hall–Kier alpha value is -2.63. The molecule has 0 saturated carbocycles. The van der Waals surface area contributed by atoms with Crippen LogP contribution < -0.4 is 4.74 Å². The number of morpholine rings is 1. The summed E-state index contributed by atoms with van der Waals surface area (Å²) in [7, 11) is 2.09. The molecule has 0 bridgehead atoms. The molecule has 0 unspecified atom stereocenters. The van der Waals surface area contributed by atoms with E-state index < -0.39 is 0 Å². The van der Waals surface area contributed by atoms with Crippen LogP contribution in [0.4, 0.5) is 4.79 Å². The van der Waals surface area contributed by atoms with Crippen molar-refractivity contribution in [3.8, 4) is 5.75 Å². The highest BCUT2D eigenvalue weighted by molar-refractivity contribution is 6.07. The molecule has 5 rings (SSSR count). The fourth-order valence-electron chi connectivity index (χ4n) is 4.22. The topological polar surface area (TPSA) is 42.0 Å². The molecule has 2 atom stereocenters. The molecular formula is C22H22N2O3. The molecule has 2 aliphatic heterocycles. The molecule has 1 amide bonds. The summed E-state index contributed by atoms with van der Waals surface area (Å²) in [6.45, 7) is 2.86. The van der Waals surface area contributed by atoms with Gasteiger partial charge in [0.05, 0.1) is 25.3 Å². The highest BCUT2D eigenvalue weighted by atomic mass is 16.6. The number of fused-ring (bicyclic) bond motifs is 4. The molecule has 2 fully saturated rings. The van der Waals surface area contributed by atoms with Gasteiger partial charge in [0.1, 0.15) is 5.75 Å². The SMILES string of the molecule is CN1CCO[C@H]2CN(C(=O)Oc3ccc4ccc5ccccc5c4c3)C[C@H]21. The molecule has 5 heteroatoms. The highest BCUT2D eigenvalue weighted by Gasteiger charge is 2.41. The van der Waals surface area contributed by atoms with Crippen LogP contribution in [0.3, 0.4) is 0 Å². The quantitative estimate of drug-likeness (QED) is 0.622. The lowest BCUT2D eigenvalue weighted by Crippen LogP contribution is -2.48. The Balaban J connectivity index is 1.40. The van der Waals surface area contributed by atoms with Gasteiger partial charge in [0.15, 0.2) is 0 Å². The minimum Gasteiger partial charge on any atom is -0.410 e. The maximum absolute atomic E-state index is 12.7. The molecule has 138 valence electrons. The maximum atomic E-state index is 12.7. The summed E-state index contributed by atoms with van der Waals surface area (Å²) >= 11 is 0. The Kier molecular flexibility index (Phi) is 3.99. The molecule has 2 heterocycles. The first-order chi connectivity index (χ1) is 13.2. The molecule has 3 aromatic rings. The van der Waals surface area contributed by atoms with E-state index in [4.69, 9.17) is 9.47 Å². The summed E-state index contributed by atoms with van der Waals surface area (Å²) in [5, 5.41) is 4.57. The largest absolute Gasteiger partial charge is 0.415 e. The van der Waals surface area contributed by atoms with Crippen LogP contribution in [0.5, 0.6) is 5.75 Å². The van der Waals surface area contributed by atoms with Crippen molar-refractivity contribution < 1.29 is 14.3 Å². The molecule has 3 aromatic carbocycles. The first-order valence-corrected chi connectivity index (χ1v) is 9.39. The molecule has 27 heavy (non-hydrogen) atoms. The maximum Gasteiger partial charge on any atom is 0.415 e. The van der Waals surface area contributed by atoms with E-state index in [1.54, 1.807) is 4.90 Å². The summed E-state index contributed by atoms with van der Waals surface area (Å²) in [5.74, 6) is 0.577. The van der Waals surface area contributed by atoms with Crippen molar-refractivity contribution in [1.82, 2.24) is 9.80 Å². The van der Waals surface area contributed by atoms with E-state index >= 15 is 0 Å². The van der Waals surface area contributed by atoms with Crippen molar-refractivity contribution in [1.29, 1.82) is 0 Å². The Morgan fingerprint density at radius 3 is 2.67 bits per heavy atom. The van der Waals surface area contributed by atoms with E-state index in [-0.39, 0.29) is 18.2 Å². The summed E-state index contributed by atoms with van der Waals surface area (Å²) < 4.78 is 11.5. The lowest BCUT2D eigenvalue weighted by Gasteiger charge is -2.33. The van der Waals surface area contributed by atoms with Gasteiger partial charge < -0.3 is 14.4 Å². The first kappa shape index (κ1) is 16.5. The number of amides is 1. The van der Waals surface area contributed by atoms with Gasteiger partial charge in [-0.3, -0.25) is 4.90 Å². The second kappa shape index (κ2) is 6.51. The van der Waals surface area contributed by atoms with Gasteiger partial charge in [-0.15, -0.1) is 0 Å². The Morgan fingerprint density at radius 1 is 1.04 bits per heavy atom. The van der Waals surface area contributed by atoms with E-state index in [2.05, 4.69) is 36.2 Å². The number of nitrogens with zero attached hydrogens (tertiary/aromatic N) is 2. The lowest BCUT2D eigenvalue weighted by molar-refractivity contribution is -0.0368. The number of ether oxygens (including phenoxy) is 2. The zero-order chi connectivity index (χ0) is 18.4. The van der Waals surface area contributed by atoms with Crippen LogP contribution in [-0.4, -0.2) is 61.3 Å². The molecule has 5 nitrogen and oxygen atoms in total. The number of likely N-dealkylation sites (N-methyl/N-ethyl adjacent to an activating group) is 1. The summed E-state index contributed by atoms with van der Waals surface area (Å²) in [4.78, 5) is 16.7. The van der Waals surface area contributed by atoms with Crippen LogP contribution in [0.1, 0.15) is 0 Å². The monoisotopic (exact) mass is 362 g/mol. The van der Waals surface area contributed by atoms with Crippen LogP contribution in [-0.2, 0) is 4.74 Å². The van der Waals surface area contributed by atoms with Crippen LogP contribution in [0.15, 0.2) is 54.6 Å². The van der Waals surface area contributed by atoms with E-state index in [0.29, 0.717) is 18.8 Å². The third-order valence-electron chi connectivity index (χ3n) is 5.76. The van der Waals surface area contributed by atoms with Crippen molar-refractivity contribution in [3.05, 3.63) is 54.6 Å². The summed E-state index contributed by atoms with van der Waals surface area (Å²) in [6.07, 6.45) is -0.224. The molecule has 0 N–H and O–H groups in total. The predicted molar refractivity (Wildman–Crippen MR) is 105 cm³/mol. The van der Waals surface area contributed by atoms with Crippen LogP contribution >= 0.6 is 0 Å². The summed E-state index contributed by atoms with van der Waals surface area (Å²) in [5.41, 5.74) is 0. The minimum atomic E-state index is -0.305. The van der Waals surface area contributed by atoms with Crippen molar-refractivity contribution in [2.24, 2.45) is 0 Å². The second-order valence-corrected chi connectivity index (χ2v) is 7.40. The molecule has 2 saturated heterocycles. The van der Waals surface area contributed by atoms with Crippen molar-refractivity contribution in [2.75, 3.05) is 33.3 Å². The molecule has 0 spiro atoms. The molecule has 0 radical (unpaired) electrons. The van der Waals surface area contributed by atoms with Crippen LogP contribution in [0, 0.1) is 0 Å². The number of carbonyl (C=O) groups excluding carboxylic acids is 1. The fraction of sp³-hybridized carbons (Fsp3) is 0.318. The smallest absolute Gasteiger partial charge is 0.410 e. The second-order valence-electron chi connectivity index (χ2n) is 7.40. The molecular weight excluding hydrogens is 340 g/mol. The van der Waals surface area contributed by atoms with Crippen molar-refractivity contribution in [2.45, 2.75) is 12.1 Å². The van der Waals surface area contributed by atoms with Gasteiger partial charge >= 0.3 is 6.09 Å². The van der Waals surface area contributed by atoms with Gasteiger partial charge in [0.25, 0.3) is 0 Å². The zero-order valence-electron chi connectivity index (χ0n) is 15.3. The average molecular weight is 362 g/mol. The minimum absolute atomic E-state index is 0.0804. The Morgan fingerprint density at radius 2 is 1.81 bits per heavy atom. The standard InChI is InChI=1S/C22H22N2O3/c1-23-10-11-26-21-14-24(13-20(21)23)22(25)27-17-9-8-16-7-6-15-4-2-3-5-18(15)19(16)12-17/h2-9,12,20-21H,10-11,13-14H2,1H3/t20-,21+/m1/s1. The predicted octanol–water partition coefficient (Wildman–Crippen LogP) is 3.51. The van der Waals surface area contributed by atoms with E-state index in [1.165, 1.54) is 5.39 Å². The average Bonchev–Trinajstić information content (AvgIpc) is 3.14. The van der Waals surface area contributed by atoms with E-state index in [9.17, 15) is 4.79 Å². The van der Waals surface area contributed by atoms with E-state index in [1.807, 2.05) is 30.3 Å².